The van der Waals surface area contributed by atoms with E-state index in [0.29, 0.717) is 10.6 Å². The molecule has 1 atom stereocenters. The topological polar surface area (TPSA) is 109 Å². The molecule has 2 heterocycles. The van der Waals surface area contributed by atoms with Gasteiger partial charge in [-0.3, -0.25) is 9.59 Å². The Hall–Kier alpha value is -1.52. The molecule has 0 spiro atoms. The summed E-state index contributed by atoms with van der Waals surface area (Å²) in [5.41, 5.74) is 6.97. The number of hydrogen-bond donors (Lipinski definition) is 4. The average Bonchev–Trinajstić information content (AvgIpc) is 3.27. The van der Waals surface area contributed by atoms with E-state index in [-0.39, 0.29) is 10.9 Å². The molecule has 0 bridgehead atoms. The van der Waals surface area contributed by atoms with Gasteiger partial charge in [-0.2, -0.15) is 0 Å². The molecule has 1 aliphatic rings. The zero-order valence-corrected chi connectivity index (χ0v) is 18.8. The van der Waals surface area contributed by atoms with Gasteiger partial charge in [0, 0.05) is 4.88 Å². The summed E-state index contributed by atoms with van der Waals surface area (Å²) in [5.74, 6) is -1.07. The minimum atomic E-state index is -1.92. The third kappa shape index (κ3) is 5.35. The number of thiophene rings is 1. The molecule has 7 nitrogen and oxygen atoms in total. The molecule has 0 aromatic carbocycles. The maximum atomic E-state index is 12.2. The summed E-state index contributed by atoms with van der Waals surface area (Å²) in [4.78, 5) is 25.3. The second kappa shape index (κ2) is 9.09. The van der Waals surface area contributed by atoms with E-state index >= 15 is 0 Å². The number of rotatable bonds is 5. The van der Waals surface area contributed by atoms with Gasteiger partial charge in [0.15, 0.2) is 10.9 Å². The highest BCUT2D eigenvalue weighted by atomic mass is 35.6. The summed E-state index contributed by atoms with van der Waals surface area (Å²) in [5, 5.41) is 8.79. The Bertz CT molecular complexity index is 925. The predicted octanol–water partition coefficient (Wildman–Crippen LogP) is 3.73. The quantitative estimate of drug-likeness (QED) is 0.286. The number of thiocarbonyl (C=S) groups is 1. The van der Waals surface area contributed by atoms with Crippen molar-refractivity contribution in [3.05, 3.63) is 40.2 Å². The first-order valence-electron chi connectivity index (χ1n) is 8.59. The van der Waals surface area contributed by atoms with Gasteiger partial charge in [-0.1, -0.05) is 34.8 Å². The zero-order valence-electron chi connectivity index (χ0n) is 14.9. The number of halogens is 3. The van der Waals surface area contributed by atoms with Crippen molar-refractivity contribution >= 4 is 80.3 Å². The van der Waals surface area contributed by atoms with Crippen LogP contribution in [0.4, 0.5) is 5.00 Å². The Morgan fingerprint density at radius 3 is 2.59 bits per heavy atom. The predicted molar refractivity (Wildman–Crippen MR) is 119 cm³/mol. The number of amides is 2. The molecule has 0 unspecified atom stereocenters. The van der Waals surface area contributed by atoms with E-state index in [4.69, 9.17) is 57.2 Å². The van der Waals surface area contributed by atoms with Crippen molar-refractivity contribution in [1.82, 2.24) is 10.6 Å². The van der Waals surface area contributed by atoms with E-state index in [1.54, 1.807) is 6.07 Å². The fourth-order valence-electron chi connectivity index (χ4n) is 2.99. The van der Waals surface area contributed by atoms with Crippen LogP contribution in [-0.2, 0) is 12.8 Å². The standard InChI is InChI=1S/C17H17Cl3N4O3S2/c18-17(19,20)15(22-13(26)9-5-3-7-27-9)24-16(28)23-14-11(12(21)25)8-4-1-2-6-10(8)29-14/h3,5,7,15H,1-2,4,6H2,(H2,21,25)(H,22,26)(H2,23,24,28)/t15-/m1/s1. The van der Waals surface area contributed by atoms with Gasteiger partial charge in [0.2, 0.25) is 3.79 Å². The summed E-state index contributed by atoms with van der Waals surface area (Å²) < 4.78 is 3.11. The third-order valence-corrected chi connectivity index (χ3v) is 6.35. The van der Waals surface area contributed by atoms with Crippen molar-refractivity contribution in [2.45, 2.75) is 35.6 Å². The number of nitrogens with one attached hydrogen (secondary N) is 3. The number of hydrogen-bond acceptors (Lipinski definition) is 5. The van der Waals surface area contributed by atoms with Crippen LogP contribution in [0.5, 0.6) is 0 Å². The maximum absolute atomic E-state index is 12.2. The Kier molecular flexibility index (Phi) is 6.95. The maximum Gasteiger partial charge on any atom is 0.288 e. The Balaban J connectivity index is 1.75. The molecule has 0 fully saturated rings. The number of furan rings is 1. The Morgan fingerprint density at radius 1 is 1.24 bits per heavy atom. The second-order valence-electron chi connectivity index (χ2n) is 6.30. The van der Waals surface area contributed by atoms with Gasteiger partial charge in [-0.25, -0.2) is 0 Å². The van der Waals surface area contributed by atoms with Crippen molar-refractivity contribution in [3.63, 3.8) is 0 Å². The Labute approximate surface area is 191 Å². The summed E-state index contributed by atoms with van der Waals surface area (Å²) >= 11 is 24.7. The first-order valence-corrected chi connectivity index (χ1v) is 11.0. The van der Waals surface area contributed by atoms with Crippen LogP contribution >= 0.6 is 58.4 Å². The number of nitrogens with two attached hydrogens (primary N) is 1. The van der Waals surface area contributed by atoms with Crippen LogP contribution in [0.25, 0.3) is 0 Å². The minimum Gasteiger partial charge on any atom is -0.459 e. The molecule has 5 N–H and O–H groups in total. The van der Waals surface area contributed by atoms with Crippen molar-refractivity contribution in [2.24, 2.45) is 5.73 Å². The summed E-state index contributed by atoms with van der Waals surface area (Å²) in [6.07, 6.45) is 3.92. The van der Waals surface area contributed by atoms with Gasteiger partial charge in [-0.05, 0) is 55.6 Å². The lowest BCUT2D eigenvalue weighted by Crippen LogP contribution is -2.56. The van der Waals surface area contributed by atoms with Crippen LogP contribution in [-0.4, -0.2) is 26.9 Å². The van der Waals surface area contributed by atoms with E-state index in [9.17, 15) is 9.59 Å². The highest BCUT2D eigenvalue weighted by Gasteiger charge is 2.35. The van der Waals surface area contributed by atoms with Crippen LogP contribution < -0.4 is 21.7 Å². The molecule has 3 rings (SSSR count). The van der Waals surface area contributed by atoms with Crippen LogP contribution in [0.1, 0.15) is 44.2 Å². The number of carbonyl (C=O) groups is 2. The molecular weight excluding hydrogens is 479 g/mol. The summed E-state index contributed by atoms with van der Waals surface area (Å²) in [6, 6.07) is 3.03. The highest BCUT2D eigenvalue weighted by molar-refractivity contribution is 7.80. The van der Waals surface area contributed by atoms with Crippen LogP contribution in [0.15, 0.2) is 22.8 Å². The molecule has 2 amide bonds. The SMILES string of the molecule is NC(=O)c1c(NC(=S)N[C@@H](NC(=O)c2ccco2)C(Cl)(Cl)Cl)sc2c1CCCC2. The summed E-state index contributed by atoms with van der Waals surface area (Å²) in [6.45, 7) is 0. The van der Waals surface area contributed by atoms with Gasteiger partial charge < -0.3 is 26.1 Å². The molecule has 12 heteroatoms. The summed E-state index contributed by atoms with van der Waals surface area (Å²) in [7, 11) is 0. The fraction of sp³-hybridized carbons (Fsp3) is 0.353. The molecule has 29 heavy (non-hydrogen) atoms. The third-order valence-electron chi connectivity index (χ3n) is 4.27. The van der Waals surface area contributed by atoms with E-state index in [1.165, 1.54) is 23.7 Å². The first kappa shape index (κ1) is 22.2. The van der Waals surface area contributed by atoms with E-state index in [2.05, 4.69) is 16.0 Å². The number of fused-ring (bicyclic) bond motifs is 1. The number of anilines is 1. The number of aryl methyl sites for hydroxylation is 1. The molecule has 0 saturated carbocycles. The molecule has 2 aromatic heterocycles. The van der Waals surface area contributed by atoms with Crippen molar-refractivity contribution < 1.29 is 14.0 Å². The van der Waals surface area contributed by atoms with Crippen LogP contribution in [0.2, 0.25) is 0 Å². The van der Waals surface area contributed by atoms with Crippen LogP contribution in [0.3, 0.4) is 0 Å². The van der Waals surface area contributed by atoms with Gasteiger partial charge in [0.05, 0.1) is 11.8 Å². The number of carbonyl (C=O) groups excluding carboxylic acids is 2. The molecule has 1 aliphatic carbocycles. The minimum absolute atomic E-state index is 0.0480. The lowest BCUT2D eigenvalue weighted by molar-refractivity contribution is 0.0906. The second-order valence-corrected chi connectivity index (χ2v) is 10.2. The monoisotopic (exact) mass is 494 g/mol. The van der Waals surface area contributed by atoms with E-state index in [1.807, 2.05) is 0 Å². The van der Waals surface area contributed by atoms with Crippen molar-refractivity contribution in [3.8, 4) is 0 Å². The van der Waals surface area contributed by atoms with Crippen molar-refractivity contribution in [1.29, 1.82) is 0 Å². The number of alkyl halides is 3. The molecule has 2 aromatic rings. The smallest absolute Gasteiger partial charge is 0.288 e. The van der Waals surface area contributed by atoms with E-state index in [0.717, 1.165) is 36.1 Å². The van der Waals surface area contributed by atoms with Gasteiger partial charge in [0.1, 0.15) is 11.2 Å². The first-order chi connectivity index (χ1) is 13.7. The molecule has 0 saturated heterocycles. The molecular formula is C17H17Cl3N4O3S2. The largest absolute Gasteiger partial charge is 0.459 e. The lowest BCUT2D eigenvalue weighted by atomic mass is 9.95. The van der Waals surface area contributed by atoms with E-state index < -0.39 is 21.8 Å². The van der Waals surface area contributed by atoms with Gasteiger partial charge in [0.25, 0.3) is 11.8 Å². The highest BCUT2D eigenvalue weighted by Crippen LogP contribution is 2.38. The van der Waals surface area contributed by atoms with Gasteiger partial charge >= 0.3 is 0 Å². The lowest BCUT2D eigenvalue weighted by Gasteiger charge is -2.27. The van der Waals surface area contributed by atoms with Gasteiger partial charge in [-0.15, -0.1) is 11.3 Å². The fourth-order valence-corrected chi connectivity index (χ4v) is 4.91. The molecule has 156 valence electrons. The Morgan fingerprint density at radius 2 is 1.97 bits per heavy atom. The normalized spacial score (nSPS) is 14.6. The average molecular weight is 496 g/mol. The van der Waals surface area contributed by atoms with Crippen molar-refractivity contribution in [2.75, 3.05) is 5.32 Å². The zero-order chi connectivity index (χ0) is 21.2. The molecule has 0 radical (unpaired) electrons. The number of primary amides is 1. The molecule has 0 aliphatic heterocycles. The van der Waals surface area contributed by atoms with Crippen LogP contribution in [0, 0.1) is 0 Å².